The van der Waals surface area contributed by atoms with E-state index in [2.05, 4.69) is 42.0 Å². The predicted octanol–water partition coefficient (Wildman–Crippen LogP) is 4.67. The van der Waals surface area contributed by atoms with Crippen LogP contribution in [0, 0.1) is 0 Å². The number of halogens is 4. The SMILES string of the molecule is CC(C)(C)NCc1ccc(OCCC(F)(F)F)c(Br)c1. The molecule has 0 spiro atoms. The molecule has 114 valence electrons. The summed E-state index contributed by atoms with van der Waals surface area (Å²) in [5.41, 5.74) is 1.05. The van der Waals surface area contributed by atoms with Crippen LogP contribution in [-0.4, -0.2) is 18.3 Å². The van der Waals surface area contributed by atoms with Gasteiger partial charge in [0.1, 0.15) is 5.75 Å². The topological polar surface area (TPSA) is 21.3 Å². The Balaban J connectivity index is 2.55. The Morgan fingerprint density at radius 1 is 1.20 bits per heavy atom. The van der Waals surface area contributed by atoms with Crippen molar-refractivity contribution in [3.63, 3.8) is 0 Å². The lowest BCUT2D eigenvalue weighted by molar-refractivity contribution is -0.139. The summed E-state index contributed by atoms with van der Waals surface area (Å²) >= 11 is 3.31. The summed E-state index contributed by atoms with van der Waals surface area (Å²) < 4.78 is 41.9. The van der Waals surface area contributed by atoms with Crippen LogP contribution in [0.25, 0.3) is 0 Å². The number of rotatable bonds is 5. The Hall–Kier alpha value is -0.750. The Bertz CT molecular complexity index is 441. The number of hydrogen-bond donors (Lipinski definition) is 1. The van der Waals surface area contributed by atoms with Gasteiger partial charge in [-0.1, -0.05) is 6.07 Å². The molecule has 0 bridgehead atoms. The number of alkyl halides is 3. The molecule has 0 radical (unpaired) electrons. The number of benzene rings is 1. The molecule has 0 unspecified atom stereocenters. The summed E-state index contributed by atoms with van der Waals surface area (Å²) in [6.07, 6.45) is -5.14. The summed E-state index contributed by atoms with van der Waals surface area (Å²) in [6, 6.07) is 5.37. The largest absolute Gasteiger partial charge is 0.492 e. The molecule has 0 atom stereocenters. The van der Waals surface area contributed by atoms with E-state index in [0.29, 0.717) is 16.8 Å². The van der Waals surface area contributed by atoms with E-state index in [-0.39, 0.29) is 12.1 Å². The van der Waals surface area contributed by atoms with Gasteiger partial charge in [-0.05, 0) is 54.4 Å². The van der Waals surface area contributed by atoms with Crippen LogP contribution in [0.15, 0.2) is 22.7 Å². The highest BCUT2D eigenvalue weighted by Crippen LogP contribution is 2.27. The highest BCUT2D eigenvalue weighted by molar-refractivity contribution is 9.10. The predicted molar refractivity (Wildman–Crippen MR) is 76.9 cm³/mol. The van der Waals surface area contributed by atoms with E-state index in [4.69, 9.17) is 4.74 Å². The summed E-state index contributed by atoms with van der Waals surface area (Å²) in [4.78, 5) is 0. The number of nitrogens with one attached hydrogen (secondary N) is 1. The van der Waals surface area contributed by atoms with Gasteiger partial charge in [0.15, 0.2) is 0 Å². The lowest BCUT2D eigenvalue weighted by Gasteiger charge is -2.20. The van der Waals surface area contributed by atoms with Crippen LogP contribution in [0.5, 0.6) is 5.75 Å². The minimum absolute atomic E-state index is 0.00829. The summed E-state index contributed by atoms with van der Waals surface area (Å²) in [6.45, 7) is 6.51. The fourth-order valence-electron chi connectivity index (χ4n) is 1.42. The first-order valence-electron chi connectivity index (χ1n) is 6.30. The van der Waals surface area contributed by atoms with Crippen LogP contribution in [0.2, 0.25) is 0 Å². The van der Waals surface area contributed by atoms with Crippen LogP contribution < -0.4 is 10.1 Å². The second kappa shape index (κ2) is 6.80. The van der Waals surface area contributed by atoms with Gasteiger partial charge in [-0.2, -0.15) is 13.2 Å². The number of hydrogen-bond acceptors (Lipinski definition) is 2. The Labute approximate surface area is 125 Å². The third-order valence-corrected chi connectivity index (χ3v) is 3.08. The van der Waals surface area contributed by atoms with Crippen LogP contribution in [0.1, 0.15) is 32.8 Å². The average molecular weight is 354 g/mol. The number of ether oxygens (including phenoxy) is 1. The highest BCUT2D eigenvalue weighted by atomic mass is 79.9. The van der Waals surface area contributed by atoms with Crippen molar-refractivity contribution in [1.29, 1.82) is 0 Å². The standard InChI is InChI=1S/C14H19BrF3NO/c1-13(2,3)19-9-10-4-5-12(11(15)8-10)20-7-6-14(16,17)18/h4-5,8,19H,6-7,9H2,1-3H3. The summed E-state index contributed by atoms with van der Waals surface area (Å²) in [7, 11) is 0. The first-order valence-corrected chi connectivity index (χ1v) is 7.09. The maximum Gasteiger partial charge on any atom is 0.392 e. The maximum absolute atomic E-state index is 12.0. The second-order valence-corrected chi connectivity index (χ2v) is 6.44. The zero-order chi connectivity index (χ0) is 15.4. The molecule has 0 saturated carbocycles. The molecule has 0 heterocycles. The Kier molecular flexibility index (Phi) is 5.89. The fourth-order valence-corrected chi connectivity index (χ4v) is 1.96. The van der Waals surface area contributed by atoms with Gasteiger partial charge < -0.3 is 10.1 Å². The van der Waals surface area contributed by atoms with Gasteiger partial charge >= 0.3 is 6.18 Å². The van der Waals surface area contributed by atoms with Crippen LogP contribution in [-0.2, 0) is 6.54 Å². The molecule has 0 amide bonds. The van der Waals surface area contributed by atoms with Gasteiger partial charge in [-0.3, -0.25) is 0 Å². The molecule has 1 aromatic rings. The van der Waals surface area contributed by atoms with Crippen molar-refractivity contribution in [3.05, 3.63) is 28.2 Å². The summed E-state index contributed by atoms with van der Waals surface area (Å²) in [5, 5.41) is 3.34. The molecule has 1 aromatic carbocycles. The van der Waals surface area contributed by atoms with E-state index in [1.54, 1.807) is 6.07 Å². The van der Waals surface area contributed by atoms with Crippen molar-refractivity contribution in [3.8, 4) is 5.75 Å². The van der Waals surface area contributed by atoms with Crippen molar-refractivity contribution >= 4 is 15.9 Å². The van der Waals surface area contributed by atoms with Gasteiger partial charge in [0.25, 0.3) is 0 Å². The molecule has 0 aromatic heterocycles. The zero-order valence-electron chi connectivity index (χ0n) is 11.8. The molecule has 1 N–H and O–H groups in total. The molecule has 20 heavy (non-hydrogen) atoms. The fraction of sp³-hybridized carbons (Fsp3) is 0.571. The van der Waals surface area contributed by atoms with Gasteiger partial charge in [-0.15, -0.1) is 0 Å². The second-order valence-electron chi connectivity index (χ2n) is 5.58. The minimum Gasteiger partial charge on any atom is -0.492 e. The maximum atomic E-state index is 12.0. The van der Waals surface area contributed by atoms with Gasteiger partial charge in [0.05, 0.1) is 17.5 Å². The van der Waals surface area contributed by atoms with E-state index in [0.717, 1.165) is 5.56 Å². The van der Waals surface area contributed by atoms with Gasteiger partial charge in [0, 0.05) is 12.1 Å². The molecule has 0 fully saturated rings. The van der Waals surface area contributed by atoms with E-state index in [1.165, 1.54) is 0 Å². The molecule has 0 aliphatic rings. The quantitative estimate of drug-likeness (QED) is 0.830. The third-order valence-electron chi connectivity index (χ3n) is 2.46. The monoisotopic (exact) mass is 353 g/mol. The van der Waals surface area contributed by atoms with Crippen molar-refractivity contribution in [2.45, 2.75) is 45.5 Å². The lowest BCUT2D eigenvalue weighted by Crippen LogP contribution is -2.35. The van der Waals surface area contributed by atoms with Crippen LogP contribution in [0.4, 0.5) is 13.2 Å². The first kappa shape index (κ1) is 17.3. The molecular formula is C14H19BrF3NO. The zero-order valence-corrected chi connectivity index (χ0v) is 13.4. The lowest BCUT2D eigenvalue weighted by atomic mass is 10.1. The van der Waals surface area contributed by atoms with E-state index >= 15 is 0 Å². The third kappa shape index (κ3) is 7.14. The molecule has 2 nitrogen and oxygen atoms in total. The van der Waals surface area contributed by atoms with Crippen molar-refractivity contribution < 1.29 is 17.9 Å². The first-order chi connectivity index (χ1) is 9.07. The Morgan fingerprint density at radius 2 is 1.85 bits per heavy atom. The van der Waals surface area contributed by atoms with Crippen molar-refractivity contribution in [2.24, 2.45) is 0 Å². The van der Waals surface area contributed by atoms with Crippen LogP contribution in [0.3, 0.4) is 0 Å². The van der Waals surface area contributed by atoms with E-state index in [9.17, 15) is 13.2 Å². The normalized spacial score (nSPS) is 12.6. The minimum atomic E-state index is -4.19. The average Bonchev–Trinajstić information content (AvgIpc) is 2.26. The van der Waals surface area contributed by atoms with Crippen molar-refractivity contribution in [2.75, 3.05) is 6.61 Å². The van der Waals surface area contributed by atoms with Crippen molar-refractivity contribution in [1.82, 2.24) is 5.32 Å². The molecule has 0 aliphatic heterocycles. The van der Waals surface area contributed by atoms with E-state index in [1.807, 2.05) is 12.1 Å². The van der Waals surface area contributed by atoms with Gasteiger partial charge in [-0.25, -0.2) is 0 Å². The molecule has 0 aliphatic carbocycles. The molecule has 6 heteroatoms. The molecule has 1 rings (SSSR count). The molecular weight excluding hydrogens is 335 g/mol. The van der Waals surface area contributed by atoms with Gasteiger partial charge in [0.2, 0.25) is 0 Å². The highest BCUT2D eigenvalue weighted by Gasteiger charge is 2.26. The smallest absolute Gasteiger partial charge is 0.392 e. The van der Waals surface area contributed by atoms with Crippen LogP contribution >= 0.6 is 15.9 Å². The Morgan fingerprint density at radius 3 is 2.35 bits per heavy atom. The summed E-state index contributed by atoms with van der Waals surface area (Å²) in [5.74, 6) is 0.425. The van der Waals surface area contributed by atoms with E-state index < -0.39 is 12.6 Å². The molecule has 0 saturated heterocycles.